The van der Waals surface area contributed by atoms with Gasteiger partial charge in [-0.3, -0.25) is 0 Å². The van der Waals surface area contributed by atoms with Crippen LogP contribution >= 0.6 is 0 Å². The molecule has 25 heavy (non-hydrogen) atoms. The lowest BCUT2D eigenvalue weighted by atomic mass is 10.1. The van der Waals surface area contributed by atoms with Crippen molar-refractivity contribution < 1.29 is 9.13 Å². The lowest BCUT2D eigenvalue weighted by molar-refractivity contribution is 0.515. The number of allylic oxidation sites excluding steroid dienone is 2. The van der Waals surface area contributed by atoms with E-state index in [1.165, 1.54) is 17.7 Å². The molecule has 0 amide bonds. The van der Waals surface area contributed by atoms with Gasteiger partial charge in [-0.25, -0.2) is 4.39 Å². The first-order valence-corrected chi connectivity index (χ1v) is 8.14. The van der Waals surface area contributed by atoms with Crippen LogP contribution in [0, 0.1) is 12.7 Å². The number of rotatable bonds is 5. The molecule has 0 aliphatic heterocycles. The van der Waals surface area contributed by atoms with E-state index in [-0.39, 0.29) is 5.82 Å². The molecule has 0 atom stereocenters. The zero-order valence-corrected chi connectivity index (χ0v) is 14.0. The number of para-hydroxylation sites is 1. The molecule has 0 bridgehead atoms. The highest BCUT2D eigenvalue weighted by atomic mass is 19.1. The molecule has 0 spiro atoms. The summed E-state index contributed by atoms with van der Waals surface area (Å²) in [6.07, 6.45) is 5.74. The van der Waals surface area contributed by atoms with E-state index < -0.39 is 0 Å². The Morgan fingerprint density at radius 1 is 0.840 bits per heavy atom. The van der Waals surface area contributed by atoms with Gasteiger partial charge in [-0.1, -0.05) is 72.3 Å². The minimum absolute atomic E-state index is 0.236. The van der Waals surface area contributed by atoms with Gasteiger partial charge in [0.1, 0.15) is 17.3 Å². The van der Waals surface area contributed by atoms with E-state index in [9.17, 15) is 4.39 Å². The molecule has 0 aromatic heterocycles. The highest BCUT2D eigenvalue weighted by Crippen LogP contribution is 2.21. The molecule has 0 heterocycles. The third-order valence-electron chi connectivity index (χ3n) is 3.71. The first-order valence-electron chi connectivity index (χ1n) is 8.14. The molecule has 0 unspecified atom stereocenters. The second-order valence-electron chi connectivity index (χ2n) is 5.72. The number of hydrogen-bond acceptors (Lipinski definition) is 1. The summed E-state index contributed by atoms with van der Waals surface area (Å²) in [5, 5.41) is 0. The summed E-state index contributed by atoms with van der Waals surface area (Å²) in [6, 6.07) is 24.2. The van der Waals surface area contributed by atoms with Crippen LogP contribution in [0.3, 0.4) is 0 Å². The van der Waals surface area contributed by atoms with E-state index in [0.29, 0.717) is 0 Å². The van der Waals surface area contributed by atoms with Crippen molar-refractivity contribution in [2.45, 2.75) is 6.92 Å². The van der Waals surface area contributed by atoms with Gasteiger partial charge < -0.3 is 4.74 Å². The second kappa shape index (κ2) is 8.11. The number of halogens is 1. The lowest BCUT2D eigenvalue weighted by Crippen LogP contribution is -1.94. The van der Waals surface area contributed by atoms with E-state index in [4.69, 9.17) is 4.74 Å². The Bertz CT molecular complexity index is 860. The van der Waals surface area contributed by atoms with Crippen molar-refractivity contribution in [2.75, 3.05) is 0 Å². The Morgan fingerprint density at radius 3 is 2.20 bits per heavy atom. The van der Waals surface area contributed by atoms with Crippen molar-refractivity contribution in [3.05, 3.63) is 114 Å². The van der Waals surface area contributed by atoms with Crippen LogP contribution in [0.1, 0.15) is 16.7 Å². The van der Waals surface area contributed by atoms with Crippen LogP contribution in [0.4, 0.5) is 4.39 Å². The van der Waals surface area contributed by atoms with Gasteiger partial charge in [0.05, 0.1) is 0 Å². The maximum atomic E-state index is 13.0. The first-order chi connectivity index (χ1) is 12.2. The van der Waals surface area contributed by atoms with Crippen LogP contribution in [0.2, 0.25) is 0 Å². The molecule has 3 aromatic rings. The maximum Gasteiger partial charge on any atom is 0.134 e. The molecule has 0 N–H and O–H groups in total. The molecule has 0 aliphatic carbocycles. The molecular formula is C23H19FO. The molecule has 124 valence electrons. The van der Waals surface area contributed by atoms with Gasteiger partial charge in [-0.15, -0.1) is 0 Å². The van der Waals surface area contributed by atoms with Gasteiger partial charge in [-0.2, -0.15) is 0 Å². The zero-order chi connectivity index (χ0) is 17.5. The molecule has 2 heteroatoms. The van der Waals surface area contributed by atoms with Gasteiger partial charge in [0, 0.05) is 5.56 Å². The van der Waals surface area contributed by atoms with Gasteiger partial charge in [0.25, 0.3) is 0 Å². The minimum atomic E-state index is -0.236. The fourth-order valence-corrected chi connectivity index (χ4v) is 2.34. The van der Waals surface area contributed by atoms with E-state index in [1.54, 1.807) is 12.1 Å². The number of ether oxygens (including phenoxy) is 1. The summed E-state index contributed by atoms with van der Waals surface area (Å²) in [6.45, 7) is 2.06. The predicted octanol–water partition coefficient (Wildman–Crippen LogP) is 6.27. The molecule has 0 saturated heterocycles. The summed E-state index contributed by atoms with van der Waals surface area (Å²) < 4.78 is 19.0. The number of benzene rings is 3. The summed E-state index contributed by atoms with van der Waals surface area (Å²) in [4.78, 5) is 0. The largest absolute Gasteiger partial charge is 0.457 e. The Balaban J connectivity index is 1.86. The number of hydrogen-bond donors (Lipinski definition) is 0. The van der Waals surface area contributed by atoms with Gasteiger partial charge in [0.2, 0.25) is 0 Å². The monoisotopic (exact) mass is 330 g/mol. The van der Waals surface area contributed by atoms with Crippen molar-refractivity contribution in [2.24, 2.45) is 0 Å². The Morgan fingerprint density at radius 2 is 1.52 bits per heavy atom. The van der Waals surface area contributed by atoms with Crippen molar-refractivity contribution in [3.63, 3.8) is 0 Å². The van der Waals surface area contributed by atoms with Crippen molar-refractivity contribution in [3.8, 4) is 5.75 Å². The topological polar surface area (TPSA) is 9.23 Å². The third-order valence-corrected chi connectivity index (χ3v) is 3.71. The smallest absolute Gasteiger partial charge is 0.134 e. The Labute approximate surface area is 147 Å². The predicted molar refractivity (Wildman–Crippen MR) is 102 cm³/mol. The van der Waals surface area contributed by atoms with Crippen molar-refractivity contribution in [1.82, 2.24) is 0 Å². The second-order valence-corrected chi connectivity index (χ2v) is 5.72. The standard InChI is InChI=1S/C23H19FO/c1-18-10-14-20(15-11-18)23(25-22-7-3-2-4-8-22)9-5-6-19-12-16-21(24)17-13-19/h2-17H,1H3/b6-5+,23-9-. The quantitative estimate of drug-likeness (QED) is 0.396. The molecule has 0 saturated carbocycles. The van der Waals surface area contributed by atoms with E-state index in [0.717, 1.165) is 22.6 Å². The van der Waals surface area contributed by atoms with Gasteiger partial charge in [0.15, 0.2) is 0 Å². The maximum absolute atomic E-state index is 13.0. The molecule has 0 aliphatic rings. The Hall–Kier alpha value is -3.13. The highest BCUT2D eigenvalue weighted by Gasteiger charge is 2.03. The van der Waals surface area contributed by atoms with Crippen LogP contribution in [0.15, 0.2) is 91.0 Å². The summed E-state index contributed by atoms with van der Waals surface area (Å²) in [5.74, 6) is 1.30. The first kappa shape index (κ1) is 16.7. The fraction of sp³-hybridized carbons (Fsp3) is 0.0435. The third kappa shape index (κ3) is 4.92. The summed E-state index contributed by atoms with van der Waals surface area (Å²) >= 11 is 0. The van der Waals surface area contributed by atoms with Crippen molar-refractivity contribution in [1.29, 1.82) is 0 Å². The zero-order valence-electron chi connectivity index (χ0n) is 14.0. The molecular weight excluding hydrogens is 311 g/mol. The van der Waals surface area contributed by atoms with Crippen LogP contribution < -0.4 is 4.74 Å². The van der Waals surface area contributed by atoms with Crippen LogP contribution in [-0.2, 0) is 0 Å². The van der Waals surface area contributed by atoms with Gasteiger partial charge in [-0.05, 0) is 42.8 Å². The average molecular weight is 330 g/mol. The summed E-state index contributed by atoms with van der Waals surface area (Å²) in [7, 11) is 0. The molecule has 1 nitrogen and oxygen atoms in total. The molecule has 3 rings (SSSR count). The SMILES string of the molecule is Cc1ccc(/C(=C/C=C/c2ccc(F)cc2)Oc2ccccc2)cc1. The Kier molecular flexibility index (Phi) is 5.43. The van der Waals surface area contributed by atoms with Crippen LogP contribution in [-0.4, -0.2) is 0 Å². The van der Waals surface area contributed by atoms with E-state index in [1.807, 2.05) is 60.7 Å². The van der Waals surface area contributed by atoms with Crippen LogP contribution in [0.5, 0.6) is 5.75 Å². The van der Waals surface area contributed by atoms with E-state index in [2.05, 4.69) is 19.1 Å². The summed E-state index contributed by atoms with van der Waals surface area (Å²) in [5.41, 5.74) is 3.13. The van der Waals surface area contributed by atoms with Crippen molar-refractivity contribution >= 4 is 11.8 Å². The highest BCUT2D eigenvalue weighted by molar-refractivity contribution is 5.66. The fourth-order valence-electron chi connectivity index (χ4n) is 2.34. The van der Waals surface area contributed by atoms with Crippen LogP contribution in [0.25, 0.3) is 11.8 Å². The minimum Gasteiger partial charge on any atom is -0.457 e. The molecule has 0 fully saturated rings. The number of aryl methyl sites for hydroxylation is 1. The molecule has 0 radical (unpaired) electrons. The molecule has 3 aromatic carbocycles. The lowest BCUT2D eigenvalue weighted by Gasteiger charge is -2.10. The average Bonchev–Trinajstić information content (AvgIpc) is 2.64. The normalized spacial score (nSPS) is 11.7. The van der Waals surface area contributed by atoms with Gasteiger partial charge >= 0.3 is 0 Å². The van der Waals surface area contributed by atoms with E-state index >= 15 is 0 Å².